The summed E-state index contributed by atoms with van der Waals surface area (Å²) in [7, 11) is 0. The minimum absolute atomic E-state index is 0.408. The van der Waals surface area contributed by atoms with Crippen LogP contribution in [-0.4, -0.2) is 21.3 Å². The minimum Gasteiger partial charge on any atom is -0.328 e. The SMILES string of the molecule is NCC(C1CCCCC1)n1cnnc1. The minimum atomic E-state index is 0.408. The monoisotopic (exact) mass is 194 g/mol. The van der Waals surface area contributed by atoms with Gasteiger partial charge < -0.3 is 10.3 Å². The standard InChI is InChI=1S/C10H18N4/c11-6-10(14-7-12-13-8-14)9-4-2-1-3-5-9/h7-10H,1-6,11H2. The molecule has 1 heterocycles. The summed E-state index contributed by atoms with van der Waals surface area (Å²) in [6.07, 6.45) is 10.3. The Balaban J connectivity index is 2.04. The Labute approximate surface area is 84.5 Å². The van der Waals surface area contributed by atoms with Gasteiger partial charge in [-0.15, -0.1) is 10.2 Å². The Morgan fingerprint density at radius 3 is 2.43 bits per heavy atom. The van der Waals surface area contributed by atoms with Gasteiger partial charge in [-0.1, -0.05) is 19.3 Å². The van der Waals surface area contributed by atoms with Gasteiger partial charge in [-0.25, -0.2) is 0 Å². The van der Waals surface area contributed by atoms with E-state index in [4.69, 9.17) is 5.73 Å². The molecule has 1 aromatic rings. The Morgan fingerprint density at radius 1 is 1.21 bits per heavy atom. The summed E-state index contributed by atoms with van der Waals surface area (Å²) in [5.41, 5.74) is 5.82. The molecule has 0 amide bonds. The van der Waals surface area contributed by atoms with E-state index in [1.807, 2.05) is 0 Å². The lowest BCUT2D eigenvalue weighted by Gasteiger charge is -2.29. The summed E-state index contributed by atoms with van der Waals surface area (Å²) in [6, 6.07) is 0.408. The number of rotatable bonds is 3. The van der Waals surface area contributed by atoms with Crippen LogP contribution in [0.5, 0.6) is 0 Å². The predicted octanol–water partition coefficient (Wildman–Crippen LogP) is 1.36. The van der Waals surface area contributed by atoms with Crippen molar-refractivity contribution in [3.63, 3.8) is 0 Å². The van der Waals surface area contributed by atoms with E-state index >= 15 is 0 Å². The van der Waals surface area contributed by atoms with Crippen LogP contribution in [0, 0.1) is 5.92 Å². The molecule has 0 aliphatic heterocycles. The Hall–Kier alpha value is -0.900. The predicted molar refractivity (Wildman–Crippen MR) is 54.7 cm³/mol. The molecule has 0 saturated heterocycles. The molecule has 4 nitrogen and oxygen atoms in total. The highest BCUT2D eigenvalue weighted by Gasteiger charge is 2.23. The summed E-state index contributed by atoms with van der Waals surface area (Å²) < 4.78 is 2.07. The molecule has 1 unspecified atom stereocenters. The molecule has 0 spiro atoms. The fraction of sp³-hybridized carbons (Fsp3) is 0.800. The molecule has 78 valence electrons. The van der Waals surface area contributed by atoms with Gasteiger partial charge in [0, 0.05) is 6.54 Å². The van der Waals surface area contributed by atoms with Gasteiger partial charge in [0.2, 0.25) is 0 Å². The smallest absolute Gasteiger partial charge is 0.119 e. The second-order valence-electron chi connectivity index (χ2n) is 4.11. The van der Waals surface area contributed by atoms with Crippen LogP contribution >= 0.6 is 0 Å². The topological polar surface area (TPSA) is 56.7 Å². The van der Waals surface area contributed by atoms with Crippen molar-refractivity contribution in [1.29, 1.82) is 0 Å². The fourth-order valence-corrected chi connectivity index (χ4v) is 2.46. The lowest BCUT2D eigenvalue weighted by Crippen LogP contribution is -2.27. The van der Waals surface area contributed by atoms with Crippen LogP contribution in [0.4, 0.5) is 0 Å². The summed E-state index contributed by atoms with van der Waals surface area (Å²) in [6.45, 7) is 0.697. The first-order valence-electron chi connectivity index (χ1n) is 5.46. The third-order valence-electron chi connectivity index (χ3n) is 3.26. The number of nitrogens with two attached hydrogens (primary N) is 1. The van der Waals surface area contributed by atoms with Crippen LogP contribution in [0.2, 0.25) is 0 Å². The van der Waals surface area contributed by atoms with Crippen molar-refractivity contribution >= 4 is 0 Å². The van der Waals surface area contributed by atoms with Gasteiger partial charge in [-0.05, 0) is 18.8 Å². The van der Waals surface area contributed by atoms with Crippen LogP contribution in [0.3, 0.4) is 0 Å². The molecule has 1 aromatic heterocycles. The van der Waals surface area contributed by atoms with Crippen molar-refractivity contribution in [2.75, 3.05) is 6.54 Å². The Morgan fingerprint density at radius 2 is 1.86 bits per heavy atom. The maximum absolute atomic E-state index is 5.82. The maximum Gasteiger partial charge on any atom is 0.119 e. The van der Waals surface area contributed by atoms with Crippen LogP contribution in [0.15, 0.2) is 12.7 Å². The molecule has 1 aliphatic rings. The second kappa shape index (κ2) is 4.55. The van der Waals surface area contributed by atoms with Crippen molar-refractivity contribution in [3.05, 3.63) is 12.7 Å². The molecule has 1 fully saturated rings. The van der Waals surface area contributed by atoms with Gasteiger partial charge >= 0.3 is 0 Å². The van der Waals surface area contributed by atoms with E-state index in [2.05, 4.69) is 14.8 Å². The van der Waals surface area contributed by atoms with Gasteiger partial charge in [0.1, 0.15) is 12.7 Å². The summed E-state index contributed by atoms with van der Waals surface area (Å²) in [5.74, 6) is 0.727. The lowest BCUT2D eigenvalue weighted by atomic mass is 9.84. The number of nitrogens with zero attached hydrogens (tertiary/aromatic N) is 3. The van der Waals surface area contributed by atoms with Gasteiger partial charge in [-0.2, -0.15) is 0 Å². The molecule has 1 aliphatic carbocycles. The van der Waals surface area contributed by atoms with Gasteiger partial charge in [0.05, 0.1) is 6.04 Å². The molecule has 1 saturated carbocycles. The zero-order chi connectivity index (χ0) is 9.80. The van der Waals surface area contributed by atoms with Gasteiger partial charge in [0.15, 0.2) is 0 Å². The van der Waals surface area contributed by atoms with E-state index < -0.39 is 0 Å². The van der Waals surface area contributed by atoms with Crippen molar-refractivity contribution in [2.45, 2.75) is 38.1 Å². The number of aromatic nitrogens is 3. The Kier molecular flexibility index (Phi) is 3.14. The van der Waals surface area contributed by atoms with Gasteiger partial charge in [0.25, 0.3) is 0 Å². The van der Waals surface area contributed by atoms with Crippen molar-refractivity contribution in [1.82, 2.24) is 14.8 Å². The van der Waals surface area contributed by atoms with Crippen molar-refractivity contribution in [3.8, 4) is 0 Å². The third-order valence-corrected chi connectivity index (χ3v) is 3.26. The lowest BCUT2D eigenvalue weighted by molar-refractivity contribution is 0.253. The second-order valence-corrected chi connectivity index (χ2v) is 4.11. The zero-order valence-corrected chi connectivity index (χ0v) is 8.47. The maximum atomic E-state index is 5.82. The molecule has 2 rings (SSSR count). The average molecular weight is 194 g/mol. The summed E-state index contributed by atoms with van der Waals surface area (Å²) in [4.78, 5) is 0. The number of hydrogen-bond donors (Lipinski definition) is 1. The summed E-state index contributed by atoms with van der Waals surface area (Å²) in [5, 5.41) is 7.69. The fourth-order valence-electron chi connectivity index (χ4n) is 2.46. The van der Waals surface area contributed by atoms with Crippen molar-refractivity contribution in [2.24, 2.45) is 11.7 Å². The highest BCUT2D eigenvalue weighted by molar-refractivity contribution is 4.81. The highest BCUT2D eigenvalue weighted by Crippen LogP contribution is 2.31. The van der Waals surface area contributed by atoms with E-state index in [1.165, 1.54) is 32.1 Å². The van der Waals surface area contributed by atoms with Crippen LogP contribution in [0.1, 0.15) is 38.1 Å². The van der Waals surface area contributed by atoms with E-state index in [1.54, 1.807) is 12.7 Å². The molecular formula is C10H18N4. The molecule has 1 atom stereocenters. The number of hydrogen-bond acceptors (Lipinski definition) is 3. The van der Waals surface area contributed by atoms with E-state index in [0.29, 0.717) is 12.6 Å². The van der Waals surface area contributed by atoms with E-state index in [-0.39, 0.29) is 0 Å². The molecule has 0 aromatic carbocycles. The van der Waals surface area contributed by atoms with E-state index in [0.717, 1.165) is 5.92 Å². The summed E-state index contributed by atoms with van der Waals surface area (Å²) >= 11 is 0. The van der Waals surface area contributed by atoms with E-state index in [9.17, 15) is 0 Å². The van der Waals surface area contributed by atoms with Gasteiger partial charge in [-0.3, -0.25) is 0 Å². The molecule has 0 radical (unpaired) electrons. The van der Waals surface area contributed by atoms with Crippen LogP contribution in [-0.2, 0) is 0 Å². The average Bonchev–Trinajstić information content (AvgIpc) is 2.74. The van der Waals surface area contributed by atoms with Crippen molar-refractivity contribution < 1.29 is 0 Å². The normalized spacial score (nSPS) is 20.9. The van der Waals surface area contributed by atoms with Crippen LogP contribution in [0.25, 0.3) is 0 Å². The largest absolute Gasteiger partial charge is 0.328 e. The molecule has 14 heavy (non-hydrogen) atoms. The molecule has 4 heteroatoms. The third kappa shape index (κ3) is 1.95. The molecule has 0 bridgehead atoms. The zero-order valence-electron chi connectivity index (χ0n) is 8.47. The Bertz CT molecular complexity index is 251. The first-order chi connectivity index (χ1) is 6.92. The van der Waals surface area contributed by atoms with Crippen LogP contribution < -0.4 is 5.73 Å². The highest BCUT2D eigenvalue weighted by atomic mass is 15.2. The first kappa shape index (κ1) is 9.65. The first-order valence-corrected chi connectivity index (χ1v) is 5.46. The quantitative estimate of drug-likeness (QED) is 0.790. The molecule has 2 N–H and O–H groups in total. The molecular weight excluding hydrogens is 176 g/mol.